The Morgan fingerprint density at radius 1 is 1.23 bits per heavy atom. The fraction of sp³-hybridized carbons (Fsp3) is 0.571. The molecule has 0 radical (unpaired) electrons. The summed E-state index contributed by atoms with van der Waals surface area (Å²) in [6.45, 7) is 9.24. The summed E-state index contributed by atoms with van der Waals surface area (Å²) < 4.78 is 16.4. The Hall–Kier alpha value is -1.85. The maximum Gasteiger partial charge on any atom is 0.291 e. The maximum absolute atomic E-state index is 12.2. The van der Waals surface area contributed by atoms with Crippen LogP contribution >= 0.6 is 0 Å². The van der Waals surface area contributed by atoms with Crippen molar-refractivity contribution in [3.05, 3.63) is 50.4 Å². The highest BCUT2D eigenvalue weighted by Gasteiger charge is 2.14. The van der Waals surface area contributed by atoms with Crippen LogP contribution in [0.4, 0.5) is 0 Å². The molecule has 0 aliphatic heterocycles. The van der Waals surface area contributed by atoms with Crippen molar-refractivity contribution in [1.29, 1.82) is 0 Å². The standard InChI is InChI=1S/C21H32O5/c1-13(8-10-18(24-6)14(2)12-15(3)22)9-11-19-16(4)20(23)17(5)21(25-7)26-19/h9,12,15,18,22H,8,10-11H2,1-7H3/b13-9+,14-12+/t15-,18+/m1/s1. The van der Waals surface area contributed by atoms with E-state index in [4.69, 9.17) is 13.9 Å². The van der Waals surface area contributed by atoms with Crippen LogP contribution in [0.5, 0.6) is 5.95 Å². The smallest absolute Gasteiger partial charge is 0.291 e. The molecule has 1 heterocycles. The van der Waals surface area contributed by atoms with Crippen LogP contribution in [0.15, 0.2) is 32.5 Å². The third-order valence-electron chi connectivity index (χ3n) is 4.54. The van der Waals surface area contributed by atoms with E-state index >= 15 is 0 Å². The number of methoxy groups -OCH3 is 2. The van der Waals surface area contributed by atoms with Crippen LogP contribution in [0.25, 0.3) is 0 Å². The van der Waals surface area contributed by atoms with Crippen LogP contribution in [-0.4, -0.2) is 31.5 Å². The minimum Gasteiger partial charge on any atom is -0.468 e. The molecule has 1 aromatic rings. The Balaban J connectivity index is 2.81. The topological polar surface area (TPSA) is 68.9 Å². The molecule has 0 aromatic carbocycles. The van der Waals surface area contributed by atoms with E-state index in [1.807, 2.05) is 13.0 Å². The quantitative estimate of drug-likeness (QED) is 0.674. The van der Waals surface area contributed by atoms with Gasteiger partial charge in [-0.25, -0.2) is 0 Å². The number of aliphatic hydroxyl groups is 1. The minimum absolute atomic E-state index is 0.0212. The Morgan fingerprint density at radius 3 is 2.42 bits per heavy atom. The second-order valence-electron chi connectivity index (χ2n) is 6.76. The molecule has 26 heavy (non-hydrogen) atoms. The molecule has 0 saturated heterocycles. The van der Waals surface area contributed by atoms with Gasteiger partial charge < -0.3 is 19.0 Å². The largest absolute Gasteiger partial charge is 0.468 e. The van der Waals surface area contributed by atoms with Gasteiger partial charge in [-0.2, -0.15) is 0 Å². The molecule has 2 atom stereocenters. The summed E-state index contributed by atoms with van der Waals surface area (Å²) in [7, 11) is 3.18. The van der Waals surface area contributed by atoms with Gasteiger partial charge in [0.25, 0.3) is 5.95 Å². The van der Waals surface area contributed by atoms with Crippen LogP contribution in [0.1, 0.15) is 50.5 Å². The molecule has 1 N–H and O–H groups in total. The lowest BCUT2D eigenvalue weighted by molar-refractivity contribution is 0.122. The summed E-state index contributed by atoms with van der Waals surface area (Å²) in [5, 5.41) is 9.48. The monoisotopic (exact) mass is 364 g/mol. The molecular formula is C21H32O5. The number of hydrogen-bond acceptors (Lipinski definition) is 5. The molecule has 0 aliphatic carbocycles. The summed E-state index contributed by atoms with van der Waals surface area (Å²) in [6.07, 6.45) is 5.61. The predicted octanol–water partition coefficient (Wildman–Crippen LogP) is 3.88. The first-order chi connectivity index (χ1) is 12.2. The Labute approximate surface area is 156 Å². The van der Waals surface area contributed by atoms with Gasteiger partial charge in [0.05, 0.1) is 24.9 Å². The fourth-order valence-corrected chi connectivity index (χ4v) is 2.90. The molecule has 0 amide bonds. The molecule has 5 nitrogen and oxygen atoms in total. The summed E-state index contributed by atoms with van der Waals surface area (Å²) in [6, 6.07) is 0. The average Bonchev–Trinajstić information content (AvgIpc) is 2.59. The molecule has 0 bridgehead atoms. The van der Waals surface area contributed by atoms with E-state index in [0.29, 0.717) is 23.3 Å². The van der Waals surface area contributed by atoms with Crippen LogP contribution < -0.4 is 10.2 Å². The minimum atomic E-state index is -0.480. The first-order valence-electron chi connectivity index (χ1n) is 8.93. The average molecular weight is 364 g/mol. The molecule has 0 saturated carbocycles. The van der Waals surface area contributed by atoms with Gasteiger partial charge in [-0.1, -0.05) is 17.7 Å². The zero-order valence-corrected chi connectivity index (χ0v) is 17.0. The van der Waals surface area contributed by atoms with E-state index in [1.54, 1.807) is 27.9 Å². The summed E-state index contributed by atoms with van der Waals surface area (Å²) in [4.78, 5) is 12.2. The van der Waals surface area contributed by atoms with E-state index in [-0.39, 0.29) is 17.5 Å². The van der Waals surface area contributed by atoms with E-state index < -0.39 is 6.10 Å². The third kappa shape index (κ3) is 6.15. The zero-order chi connectivity index (χ0) is 19.9. The van der Waals surface area contributed by atoms with Crippen molar-refractivity contribution in [3.63, 3.8) is 0 Å². The van der Waals surface area contributed by atoms with Crippen molar-refractivity contribution in [3.8, 4) is 5.95 Å². The van der Waals surface area contributed by atoms with Crippen molar-refractivity contribution in [2.24, 2.45) is 0 Å². The highest BCUT2D eigenvalue weighted by Crippen LogP contribution is 2.21. The summed E-state index contributed by atoms with van der Waals surface area (Å²) >= 11 is 0. The summed E-state index contributed by atoms with van der Waals surface area (Å²) in [5.74, 6) is 0.908. The van der Waals surface area contributed by atoms with Crippen LogP contribution in [0.2, 0.25) is 0 Å². The van der Waals surface area contributed by atoms with Gasteiger partial charge in [0.15, 0.2) is 5.43 Å². The molecule has 0 unspecified atom stereocenters. The molecule has 5 heteroatoms. The molecule has 146 valence electrons. The highest BCUT2D eigenvalue weighted by atomic mass is 16.6. The molecule has 1 rings (SSSR count). The number of hydrogen-bond donors (Lipinski definition) is 1. The lowest BCUT2D eigenvalue weighted by Gasteiger charge is -2.17. The van der Waals surface area contributed by atoms with Gasteiger partial charge in [-0.05, 0) is 53.0 Å². The molecule has 0 spiro atoms. The van der Waals surface area contributed by atoms with E-state index in [9.17, 15) is 9.90 Å². The van der Waals surface area contributed by atoms with Gasteiger partial charge in [0.1, 0.15) is 5.76 Å². The van der Waals surface area contributed by atoms with Gasteiger partial charge in [-0.3, -0.25) is 4.79 Å². The Morgan fingerprint density at radius 2 is 1.88 bits per heavy atom. The normalized spacial score (nSPS) is 15.1. The number of rotatable bonds is 9. The molecule has 0 aliphatic rings. The second kappa shape index (κ2) is 10.3. The number of aliphatic hydroxyl groups excluding tert-OH is 1. The van der Waals surface area contributed by atoms with E-state index in [2.05, 4.69) is 13.0 Å². The van der Waals surface area contributed by atoms with Crippen molar-refractivity contribution in [1.82, 2.24) is 0 Å². The first kappa shape index (κ1) is 22.2. The van der Waals surface area contributed by atoms with Crippen molar-refractivity contribution >= 4 is 0 Å². The Kier molecular flexibility index (Phi) is 8.82. The van der Waals surface area contributed by atoms with Gasteiger partial charge in [0, 0.05) is 19.1 Å². The third-order valence-corrected chi connectivity index (χ3v) is 4.54. The van der Waals surface area contributed by atoms with Crippen molar-refractivity contribution < 1.29 is 19.0 Å². The van der Waals surface area contributed by atoms with Gasteiger partial charge in [0.2, 0.25) is 0 Å². The van der Waals surface area contributed by atoms with Crippen molar-refractivity contribution in [2.75, 3.05) is 14.2 Å². The van der Waals surface area contributed by atoms with Gasteiger partial charge >= 0.3 is 0 Å². The van der Waals surface area contributed by atoms with E-state index in [0.717, 1.165) is 18.4 Å². The second-order valence-corrected chi connectivity index (χ2v) is 6.76. The number of allylic oxidation sites excluding steroid dienone is 2. The lowest BCUT2D eigenvalue weighted by Crippen LogP contribution is -2.14. The zero-order valence-electron chi connectivity index (χ0n) is 17.0. The van der Waals surface area contributed by atoms with Crippen LogP contribution in [0, 0.1) is 13.8 Å². The predicted molar refractivity (Wildman–Crippen MR) is 104 cm³/mol. The van der Waals surface area contributed by atoms with Gasteiger partial charge in [-0.15, -0.1) is 0 Å². The van der Waals surface area contributed by atoms with Crippen LogP contribution in [-0.2, 0) is 11.2 Å². The molecule has 1 aromatic heterocycles. The highest BCUT2D eigenvalue weighted by molar-refractivity contribution is 5.30. The SMILES string of the molecule is COc1oc(C/C=C(\C)CC[C@H](OC)/C(C)=C/[C@@H](C)O)c(C)c(=O)c1C. The maximum atomic E-state index is 12.2. The molecule has 0 fully saturated rings. The van der Waals surface area contributed by atoms with Crippen molar-refractivity contribution in [2.45, 2.75) is 66.1 Å². The summed E-state index contributed by atoms with van der Waals surface area (Å²) in [5.41, 5.74) is 3.31. The lowest BCUT2D eigenvalue weighted by atomic mass is 10.0. The molecular weight excluding hydrogens is 332 g/mol. The fourth-order valence-electron chi connectivity index (χ4n) is 2.90. The Bertz CT molecular complexity index is 710. The van der Waals surface area contributed by atoms with E-state index in [1.165, 1.54) is 12.7 Å². The van der Waals surface area contributed by atoms with Crippen LogP contribution in [0.3, 0.4) is 0 Å². The number of ether oxygens (including phenoxy) is 2. The first-order valence-corrected chi connectivity index (χ1v) is 8.93.